The number of rotatable bonds is 4. The molecule has 8 nitrogen and oxygen atoms in total. The van der Waals surface area contributed by atoms with E-state index in [4.69, 9.17) is 0 Å². The molecule has 25 heavy (non-hydrogen) atoms. The Bertz CT molecular complexity index is 862. The molecule has 0 saturated carbocycles. The third-order valence-electron chi connectivity index (χ3n) is 4.62. The highest BCUT2D eigenvalue weighted by Gasteiger charge is 2.22. The molecule has 2 aromatic heterocycles. The van der Waals surface area contributed by atoms with Gasteiger partial charge in [-0.25, -0.2) is 9.97 Å². The number of fused-ring (bicyclic) bond motifs is 1. The van der Waals surface area contributed by atoms with E-state index in [9.17, 15) is 4.79 Å². The fraction of sp³-hybridized carbons (Fsp3) is 0.412. The molecule has 4 rings (SSSR count). The Kier molecular flexibility index (Phi) is 4.19. The van der Waals surface area contributed by atoms with Crippen LogP contribution >= 0.6 is 0 Å². The summed E-state index contributed by atoms with van der Waals surface area (Å²) in [4.78, 5) is 28.6. The van der Waals surface area contributed by atoms with Crippen LogP contribution in [0.1, 0.15) is 16.2 Å². The molecule has 0 aliphatic carbocycles. The number of imidazole rings is 1. The number of nitrogens with one attached hydrogen (secondary N) is 1. The van der Waals surface area contributed by atoms with Gasteiger partial charge in [0.15, 0.2) is 0 Å². The summed E-state index contributed by atoms with van der Waals surface area (Å²) in [5, 5.41) is 4.12. The zero-order chi connectivity index (χ0) is 17.2. The molecule has 1 N–H and O–H groups in total. The summed E-state index contributed by atoms with van der Waals surface area (Å²) in [7, 11) is 0. The van der Waals surface area contributed by atoms with Crippen molar-refractivity contribution in [3.05, 3.63) is 42.2 Å². The van der Waals surface area contributed by atoms with E-state index in [-0.39, 0.29) is 5.91 Å². The van der Waals surface area contributed by atoms with Gasteiger partial charge < -0.3 is 9.88 Å². The number of carbonyl (C=O) groups is 1. The lowest BCUT2D eigenvalue weighted by atomic mass is 10.1. The van der Waals surface area contributed by atoms with Crippen LogP contribution in [0.5, 0.6) is 0 Å². The van der Waals surface area contributed by atoms with Gasteiger partial charge in [0.1, 0.15) is 18.5 Å². The fourth-order valence-electron chi connectivity index (χ4n) is 3.22. The summed E-state index contributed by atoms with van der Waals surface area (Å²) in [6, 6.07) is 5.66. The van der Waals surface area contributed by atoms with Gasteiger partial charge >= 0.3 is 0 Å². The predicted molar refractivity (Wildman–Crippen MR) is 93.2 cm³/mol. The Morgan fingerprint density at radius 2 is 2.04 bits per heavy atom. The second-order valence-electron chi connectivity index (χ2n) is 6.35. The molecule has 0 spiro atoms. The van der Waals surface area contributed by atoms with Gasteiger partial charge in [-0.1, -0.05) is 0 Å². The van der Waals surface area contributed by atoms with E-state index >= 15 is 0 Å². The molecule has 8 heteroatoms. The molecule has 0 bridgehead atoms. The summed E-state index contributed by atoms with van der Waals surface area (Å²) >= 11 is 0. The molecule has 130 valence electrons. The number of amides is 1. The van der Waals surface area contributed by atoms with Crippen molar-refractivity contribution in [2.75, 3.05) is 32.7 Å². The number of aryl methyl sites for hydroxylation is 1. The van der Waals surface area contributed by atoms with Gasteiger partial charge in [-0.05, 0) is 25.1 Å². The molecule has 3 heterocycles. The minimum atomic E-state index is 0.0880. The summed E-state index contributed by atoms with van der Waals surface area (Å²) in [6.07, 6.45) is 3.28. The fourth-order valence-corrected chi connectivity index (χ4v) is 3.22. The molecule has 1 aliphatic rings. The summed E-state index contributed by atoms with van der Waals surface area (Å²) < 4.78 is 1.83. The van der Waals surface area contributed by atoms with Gasteiger partial charge in [0.05, 0.1) is 17.6 Å². The van der Waals surface area contributed by atoms with Crippen molar-refractivity contribution in [3.8, 4) is 0 Å². The first kappa shape index (κ1) is 15.8. The molecule has 1 fully saturated rings. The van der Waals surface area contributed by atoms with Crippen LogP contribution in [0.25, 0.3) is 11.0 Å². The van der Waals surface area contributed by atoms with Crippen molar-refractivity contribution >= 4 is 16.9 Å². The van der Waals surface area contributed by atoms with E-state index in [0.717, 1.165) is 56.1 Å². The average Bonchev–Trinajstić information content (AvgIpc) is 3.27. The molecule has 1 aliphatic heterocycles. The zero-order valence-corrected chi connectivity index (χ0v) is 14.2. The Morgan fingerprint density at radius 3 is 2.80 bits per heavy atom. The van der Waals surface area contributed by atoms with Crippen molar-refractivity contribution in [1.82, 2.24) is 34.5 Å². The quantitative estimate of drug-likeness (QED) is 0.764. The number of aromatic amines is 1. The van der Waals surface area contributed by atoms with E-state index < -0.39 is 0 Å². The maximum atomic E-state index is 12.8. The SMILES string of the molecule is Cc1nc2ccc(C(=O)N3CCN(CCn4cncn4)CC3)cc2[nH]1. The van der Waals surface area contributed by atoms with E-state index in [2.05, 4.69) is 25.0 Å². The number of aromatic nitrogens is 5. The molecule has 3 aromatic rings. The number of nitrogens with zero attached hydrogens (tertiary/aromatic N) is 6. The highest BCUT2D eigenvalue weighted by atomic mass is 16.2. The number of benzene rings is 1. The largest absolute Gasteiger partial charge is 0.342 e. The maximum absolute atomic E-state index is 12.8. The molecule has 1 amide bonds. The van der Waals surface area contributed by atoms with E-state index in [1.807, 2.05) is 34.7 Å². The second-order valence-corrected chi connectivity index (χ2v) is 6.35. The van der Waals surface area contributed by atoms with Crippen molar-refractivity contribution in [3.63, 3.8) is 0 Å². The van der Waals surface area contributed by atoms with Gasteiger partial charge in [0, 0.05) is 38.3 Å². The van der Waals surface area contributed by atoms with E-state index in [0.29, 0.717) is 5.56 Å². The van der Waals surface area contributed by atoms with Crippen molar-refractivity contribution in [2.45, 2.75) is 13.5 Å². The van der Waals surface area contributed by atoms with Gasteiger partial charge in [-0.15, -0.1) is 0 Å². The predicted octanol–water partition coefficient (Wildman–Crippen LogP) is 0.921. The van der Waals surface area contributed by atoms with Crippen molar-refractivity contribution in [2.24, 2.45) is 0 Å². The number of H-pyrrole nitrogens is 1. The highest BCUT2D eigenvalue weighted by Crippen LogP contribution is 2.16. The minimum Gasteiger partial charge on any atom is -0.342 e. The molecular formula is C17H21N7O. The van der Waals surface area contributed by atoms with Gasteiger partial charge in [0.25, 0.3) is 5.91 Å². The highest BCUT2D eigenvalue weighted by molar-refractivity contribution is 5.97. The van der Waals surface area contributed by atoms with Gasteiger partial charge in [-0.2, -0.15) is 5.10 Å². The van der Waals surface area contributed by atoms with E-state index in [1.165, 1.54) is 0 Å². The Labute approximate surface area is 145 Å². The van der Waals surface area contributed by atoms with Crippen LogP contribution < -0.4 is 0 Å². The molecule has 0 unspecified atom stereocenters. The van der Waals surface area contributed by atoms with Crippen LogP contribution in [-0.4, -0.2) is 73.2 Å². The van der Waals surface area contributed by atoms with Crippen LogP contribution in [0.2, 0.25) is 0 Å². The van der Waals surface area contributed by atoms with Crippen LogP contribution in [-0.2, 0) is 6.54 Å². The minimum absolute atomic E-state index is 0.0880. The topological polar surface area (TPSA) is 82.9 Å². The first-order chi connectivity index (χ1) is 12.2. The molecule has 1 saturated heterocycles. The standard InChI is InChI=1S/C17H21N7O/c1-13-20-15-3-2-14(10-16(15)21-13)17(25)23-7-4-22(5-8-23)6-9-24-12-18-11-19-24/h2-3,10-12H,4-9H2,1H3,(H,20,21). The normalized spacial score (nSPS) is 15.8. The lowest BCUT2D eigenvalue weighted by Crippen LogP contribution is -2.49. The first-order valence-electron chi connectivity index (χ1n) is 8.49. The lowest BCUT2D eigenvalue weighted by Gasteiger charge is -2.34. The number of piperazine rings is 1. The molecule has 0 atom stereocenters. The molecule has 0 radical (unpaired) electrons. The number of carbonyl (C=O) groups excluding carboxylic acids is 1. The maximum Gasteiger partial charge on any atom is 0.254 e. The summed E-state index contributed by atoms with van der Waals surface area (Å²) in [6.45, 7) is 6.92. The lowest BCUT2D eigenvalue weighted by molar-refractivity contribution is 0.0632. The Balaban J connectivity index is 1.35. The van der Waals surface area contributed by atoms with Gasteiger partial charge in [-0.3, -0.25) is 14.4 Å². The van der Waals surface area contributed by atoms with Crippen molar-refractivity contribution < 1.29 is 4.79 Å². The number of hydrogen-bond acceptors (Lipinski definition) is 5. The first-order valence-corrected chi connectivity index (χ1v) is 8.49. The van der Waals surface area contributed by atoms with E-state index in [1.54, 1.807) is 12.7 Å². The van der Waals surface area contributed by atoms with Crippen LogP contribution in [0, 0.1) is 6.92 Å². The molecular weight excluding hydrogens is 318 g/mol. The van der Waals surface area contributed by atoms with Crippen LogP contribution in [0.4, 0.5) is 0 Å². The zero-order valence-electron chi connectivity index (χ0n) is 14.2. The van der Waals surface area contributed by atoms with Gasteiger partial charge in [0.2, 0.25) is 0 Å². The van der Waals surface area contributed by atoms with Crippen LogP contribution in [0.3, 0.4) is 0 Å². The second kappa shape index (κ2) is 6.64. The van der Waals surface area contributed by atoms with Crippen molar-refractivity contribution in [1.29, 1.82) is 0 Å². The summed E-state index contributed by atoms with van der Waals surface area (Å²) in [5.41, 5.74) is 2.52. The summed E-state index contributed by atoms with van der Waals surface area (Å²) in [5.74, 6) is 0.950. The van der Waals surface area contributed by atoms with Crippen LogP contribution in [0.15, 0.2) is 30.9 Å². The Hall–Kier alpha value is -2.74. The smallest absolute Gasteiger partial charge is 0.254 e. The third-order valence-corrected chi connectivity index (χ3v) is 4.62. The average molecular weight is 339 g/mol. The molecule has 1 aromatic carbocycles. The Morgan fingerprint density at radius 1 is 1.20 bits per heavy atom. The monoisotopic (exact) mass is 339 g/mol. The number of hydrogen-bond donors (Lipinski definition) is 1. The third kappa shape index (κ3) is 3.39.